The maximum Gasteiger partial charge on any atom is 0.406 e. The molecular weight excluding hydrogens is 603 g/mol. The molecule has 0 spiro atoms. The van der Waals surface area contributed by atoms with Crippen LogP contribution in [0.5, 0.6) is 5.88 Å². The molecule has 3 rings (SSSR count). The van der Waals surface area contributed by atoms with E-state index in [-0.39, 0.29) is 54.5 Å². The summed E-state index contributed by atoms with van der Waals surface area (Å²) in [6.45, 7) is 11.8. The van der Waals surface area contributed by atoms with Gasteiger partial charge in [-0.2, -0.15) is 9.97 Å². The molecule has 0 radical (unpaired) electrons. The monoisotopic (exact) mass is 646 g/mol. The Bertz CT molecular complexity index is 1310. The number of fused-ring (bicyclic) bond motifs is 1. The van der Waals surface area contributed by atoms with Gasteiger partial charge < -0.3 is 25.1 Å². The second-order valence-electron chi connectivity index (χ2n) is 11.1. The Balaban J connectivity index is 1.69. The largest absolute Gasteiger partial charge is 0.476 e. The van der Waals surface area contributed by atoms with Gasteiger partial charge in [-0.3, -0.25) is 23.2 Å². The van der Waals surface area contributed by atoms with Gasteiger partial charge in [0.05, 0.1) is 50.4 Å². The molecule has 43 heavy (non-hydrogen) atoms. The number of carbonyl (C=O) groups is 2. The fourth-order valence-electron chi connectivity index (χ4n) is 4.16. The van der Waals surface area contributed by atoms with Gasteiger partial charge in [0.25, 0.3) is 0 Å². The van der Waals surface area contributed by atoms with Gasteiger partial charge in [-0.05, 0) is 48.0 Å². The average molecular weight is 647 g/mol. The standard InChI is InChI=1S/C26H43N6O9PS/c1-8-37-21-19-20(29-25(27)30-21)32(14-28-19)22-16(4)11-18(41-22)12-39-42(36,31-17(5)23(34)40-15(2)3)38-9-10-43-24(35)26(6,7)13-33/h14-18,22,33H,8-13H2,1-7H3,(H,31,36)(H2,27,29,30)/t16-,17-,18-,22+,42-/m0/s1. The van der Waals surface area contributed by atoms with E-state index in [0.29, 0.717) is 24.2 Å². The molecule has 2 aromatic rings. The summed E-state index contributed by atoms with van der Waals surface area (Å²) in [4.78, 5) is 37.6. The lowest BCUT2D eigenvalue weighted by molar-refractivity contribution is -0.149. The second-order valence-corrected chi connectivity index (χ2v) is 14.0. The second kappa shape index (κ2) is 15.1. The highest BCUT2D eigenvalue weighted by Crippen LogP contribution is 2.46. The van der Waals surface area contributed by atoms with Crippen LogP contribution in [0.2, 0.25) is 0 Å². The Hall–Kier alpha value is -2.33. The van der Waals surface area contributed by atoms with Crippen LogP contribution in [-0.2, 0) is 32.7 Å². The molecule has 1 saturated heterocycles. The van der Waals surface area contributed by atoms with E-state index in [1.165, 1.54) is 6.92 Å². The average Bonchev–Trinajstić information content (AvgIpc) is 3.52. The molecule has 17 heteroatoms. The maximum absolute atomic E-state index is 13.8. The van der Waals surface area contributed by atoms with Crippen LogP contribution >= 0.6 is 19.5 Å². The lowest BCUT2D eigenvalue weighted by Gasteiger charge is -2.24. The Morgan fingerprint density at radius 1 is 1.30 bits per heavy atom. The Morgan fingerprint density at radius 2 is 2.02 bits per heavy atom. The van der Waals surface area contributed by atoms with Crippen LogP contribution in [0.3, 0.4) is 0 Å². The van der Waals surface area contributed by atoms with Crippen LogP contribution in [0.15, 0.2) is 6.33 Å². The highest BCUT2D eigenvalue weighted by atomic mass is 32.2. The third kappa shape index (κ3) is 9.33. The number of aliphatic hydroxyl groups excluding tert-OH is 1. The van der Waals surface area contributed by atoms with Crippen LogP contribution in [0.25, 0.3) is 11.2 Å². The van der Waals surface area contributed by atoms with Crippen molar-refractivity contribution in [1.82, 2.24) is 24.6 Å². The first-order valence-corrected chi connectivity index (χ1v) is 16.7. The minimum atomic E-state index is -4.07. The number of imidazole rings is 1. The number of thioether (sulfide) groups is 1. The van der Waals surface area contributed by atoms with Gasteiger partial charge in [0.1, 0.15) is 12.3 Å². The number of nitrogens with zero attached hydrogens (tertiary/aromatic N) is 4. The van der Waals surface area contributed by atoms with Gasteiger partial charge in [0.15, 0.2) is 16.3 Å². The third-order valence-electron chi connectivity index (χ3n) is 6.43. The summed E-state index contributed by atoms with van der Waals surface area (Å²) < 4.78 is 43.9. The zero-order valence-electron chi connectivity index (χ0n) is 25.6. The van der Waals surface area contributed by atoms with Crippen molar-refractivity contribution in [3.8, 4) is 5.88 Å². The van der Waals surface area contributed by atoms with Gasteiger partial charge in [-0.25, -0.2) is 14.6 Å². The Kier molecular flexibility index (Phi) is 12.3. The quantitative estimate of drug-likeness (QED) is 0.136. The molecule has 15 nitrogen and oxygen atoms in total. The van der Waals surface area contributed by atoms with E-state index in [1.807, 2.05) is 13.8 Å². The number of rotatable bonds is 16. The summed E-state index contributed by atoms with van der Waals surface area (Å²) in [6.07, 6.45) is 0.800. The smallest absolute Gasteiger partial charge is 0.406 e. The minimum Gasteiger partial charge on any atom is -0.476 e. The number of nitrogens with two attached hydrogens (primary N) is 1. The van der Waals surface area contributed by atoms with Crippen LogP contribution < -0.4 is 15.6 Å². The zero-order chi connectivity index (χ0) is 31.9. The maximum atomic E-state index is 13.8. The lowest BCUT2D eigenvalue weighted by Crippen LogP contribution is -2.36. The fraction of sp³-hybridized carbons (Fsp3) is 0.731. The topological polar surface area (TPSA) is 199 Å². The molecule has 0 unspecified atom stereocenters. The number of nitrogens with one attached hydrogen (secondary N) is 1. The van der Waals surface area contributed by atoms with Crippen molar-refractivity contribution in [3.05, 3.63) is 6.33 Å². The first-order valence-electron chi connectivity index (χ1n) is 14.1. The predicted octanol–water partition coefficient (Wildman–Crippen LogP) is 3.08. The van der Waals surface area contributed by atoms with Crippen LogP contribution in [0, 0.1) is 11.3 Å². The molecule has 4 N–H and O–H groups in total. The molecule has 5 atom stereocenters. The van der Waals surface area contributed by atoms with Crippen molar-refractivity contribution >= 4 is 47.7 Å². The van der Waals surface area contributed by atoms with Crippen molar-refractivity contribution in [3.63, 3.8) is 0 Å². The summed E-state index contributed by atoms with van der Waals surface area (Å²) in [7, 11) is -4.07. The normalized spacial score (nSPS) is 21.2. The van der Waals surface area contributed by atoms with Crippen molar-refractivity contribution in [1.29, 1.82) is 0 Å². The van der Waals surface area contributed by atoms with E-state index in [9.17, 15) is 19.3 Å². The van der Waals surface area contributed by atoms with E-state index >= 15 is 0 Å². The van der Waals surface area contributed by atoms with Gasteiger partial charge in [-0.15, -0.1) is 0 Å². The number of aliphatic hydroxyl groups is 1. The molecule has 1 aliphatic rings. The molecule has 2 aromatic heterocycles. The molecule has 0 saturated carbocycles. The number of hydrogen-bond acceptors (Lipinski definition) is 14. The number of carbonyl (C=O) groups excluding carboxylic acids is 2. The molecule has 0 bridgehead atoms. The summed E-state index contributed by atoms with van der Waals surface area (Å²) in [5.41, 5.74) is 5.89. The SMILES string of the molecule is CCOc1nc(N)nc2c1ncn2[C@@H]1O[C@H](CO[P@](=O)(N[C@@H](C)C(=O)OC(C)C)OCCSC(=O)C(C)(C)CO)C[C@@H]1C. The van der Waals surface area contributed by atoms with Gasteiger partial charge >= 0.3 is 13.7 Å². The van der Waals surface area contributed by atoms with Gasteiger partial charge in [0, 0.05) is 11.7 Å². The lowest BCUT2D eigenvalue weighted by atomic mass is 9.97. The number of ether oxygens (including phenoxy) is 3. The molecule has 242 valence electrons. The van der Waals surface area contributed by atoms with Crippen molar-refractivity contribution < 1.29 is 42.5 Å². The number of hydrogen-bond donors (Lipinski definition) is 3. The number of aromatic nitrogens is 4. The summed E-state index contributed by atoms with van der Waals surface area (Å²) in [5, 5.41) is 11.8. The molecule has 1 aliphatic heterocycles. The predicted molar refractivity (Wildman–Crippen MR) is 160 cm³/mol. The first kappa shape index (κ1) is 35.2. The highest BCUT2D eigenvalue weighted by Gasteiger charge is 2.38. The van der Waals surface area contributed by atoms with Gasteiger partial charge in [-0.1, -0.05) is 18.7 Å². The fourth-order valence-corrected chi connectivity index (χ4v) is 6.59. The van der Waals surface area contributed by atoms with E-state index in [1.54, 1.807) is 38.6 Å². The van der Waals surface area contributed by atoms with Crippen LogP contribution in [-0.4, -0.2) is 86.1 Å². The summed E-state index contributed by atoms with van der Waals surface area (Å²) in [5.74, 6) is -0.158. The van der Waals surface area contributed by atoms with E-state index < -0.39 is 37.5 Å². The van der Waals surface area contributed by atoms with E-state index in [0.717, 1.165) is 11.8 Å². The van der Waals surface area contributed by atoms with E-state index in [2.05, 4.69) is 20.0 Å². The summed E-state index contributed by atoms with van der Waals surface area (Å²) in [6, 6.07) is -1.01. The number of esters is 1. The zero-order valence-corrected chi connectivity index (χ0v) is 27.4. The molecule has 0 aromatic carbocycles. The van der Waals surface area contributed by atoms with Crippen molar-refractivity contribution in [2.45, 2.75) is 79.4 Å². The number of anilines is 1. The van der Waals surface area contributed by atoms with E-state index in [4.69, 9.17) is 29.0 Å². The molecule has 1 fully saturated rings. The Labute approximate surface area is 255 Å². The van der Waals surface area contributed by atoms with Crippen LogP contribution in [0.4, 0.5) is 5.95 Å². The van der Waals surface area contributed by atoms with Crippen LogP contribution in [0.1, 0.15) is 61.1 Å². The Morgan fingerprint density at radius 3 is 2.67 bits per heavy atom. The van der Waals surface area contributed by atoms with Crippen molar-refractivity contribution in [2.24, 2.45) is 11.3 Å². The molecule has 3 heterocycles. The highest BCUT2D eigenvalue weighted by molar-refractivity contribution is 8.13. The number of nitrogen functional groups attached to an aromatic ring is 1. The van der Waals surface area contributed by atoms with Crippen molar-refractivity contribution in [2.75, 3.05) is 37.9 Å². The van der Waals surface area contributed by atoms with Gasteiger partial charge in [0.2, 0.25) is 11.8 Å². The molecular formula is C26H43N6O9PS. The summed E-state index contributed by atoms with van der Waals surface area (Å²) >= 11 is 0.949. The first-order chi connectivity index (χ1) is 20.2. The minimum absolute atomic E-state index is 0.0109. The third-order valence-corrected chi connectivity index (χ3v) is 9.33. The molecule has 0 amide bonds. The molecule has 0 aliphatic carbocycles.